The molecule has 2 bridgehead atoms. The van der Waals surface area contributed by atoms with E-state index in [0.29, 0.717) is 12.4 Å². The van der Waals surface area contributed by atoms with Crippen molar-refractivity contribution in [1.29, 1.82) is 0 Å². The van der Waals surface area contributed by atoms with Crippen molar-refractivity contribution in [2.45, 2.75) is 24.9 Å². The van der Waals surface area contributed by atoms with Crippen molar-refractivity contribution in [3.05, 3.63) is 58.1 Å². The van der Waals surface area contributed by atoms with Crippen molar-refractivity contribution in [2.75, 3.05) is 34.3 Å². The Labute approximate surface area is 164 Å². The first-order valence-corrected chi connectivity index (χ1v) is 9.63. The summed E-state index contributed by atoms with van der Waals surface area (Å²) in [6, 6.07) is 10.7. The molecule has 4 heterocycles. The third-order valence-corrected chi connectivity index (χ3v) is 5.79. The van der Waals surface area contributed by atoms with Gasteiger partial charge >= 0.3 is 0 Å². The second-order valence-electron chi connectivity index (χ2n) is 7.89. The highest BCUT2D eigenvalue weighted by Crippen LogP contribution is 2.41. The summed E-state index contributed by atoms with van der Waals surface area (Å²) in [6.07, 6.45) is 0.926. The molecule has 7 heteroatoms. The van der Waals surface area contributed by atoms with Crippen LogP contribution in [0.3, 0.4) is 0 Å². The molecule has 1 amide bonds. The van der Waals surface area contributed by atoms with E-state index < -0.39 is 6.04 Å². The zero-order chi connectivity index (χ0) is 19.8. The van der Waals surface area contributed by atoms with Crippen molar-refractivity contribution in [2.24, 2.45) is 5.92 Å². The van der Waals surface area contributed by atoms with Gasteiger partial charge < -0.3 is 9.64 Å². The maximum absolute atomic E-state index is 13.0. The summed E-state index contributed by atoms with van der Waals surface area (Å²) in [4.78, 5) is 34.1. The Balaban J connectivity index is 1.67. The molecule has 148 valence electrons. The lowest BCUT2D eigenvalue weighted by Crippen LogP contribution is -2.53. The normalized spacial score (nSPS) is 23.8. The first-order valence-electron chi connectivity index (χ1n) is 9.63. The molecule has 1 saturated heterocycles. The van der Waals surface area contributed by atoms with E-state index in [1.54, 1.807) is 42.8 Å². The quantitative estimate of drug-likeness (QED) is 0.802. The highest BCUT2D eigenvalue weighted by molar-refractivity contribution is 5.80. The van der Waals surface area contributed by atoms with Gasteiger partial charge in [0.25, 0.3) is 5.56 Å². The minimum Gasteiger partial charge on any atom is -0.481 e. The smallest absolute Gasteiger partial charge is 0.251 e. The Bertz CT molecular complexity index is 939. The van der Waals surface area contributed by atoms with Crippen molar-refractivity contribution >= 4 is 5.91 Å². The van der Waals surface area contributed by atoms with Crippen molar-refractivity contribution < 1.29 is 9.53 Å². The van der Waals surface area contributed by atoms with Crippen LogP contribution in [0.15, 0.2) is 41.2 Å². The van der Waals surface area contributed by atoms with Crippen LogP contribution in [0.1, 0.15) is 29.8 Å². The summed E-state index contributed by atoms with van der Waals surface area (Å²) in [5.41, 5.74) is 1.82. The number of fused-ring (bicyclic) bond motifs is 4. The van der Waals surface area contributed by atoms with Gasteiger partial charge in [-0.05, 0) is 18.6 Å². The number of hydrogen-bond donors (Lipinski definition) is 0. The second kappa shape index (κ2) is 7.39. The van der Waals surface area contributed by atoms with E-state index in [2.05, 4.69) is 9.88 Å². The number of ether oxygens (including phenoxy) is 1. The molecule has 2 aliphatic rings. The molecule has 28 heavy (non-hydrogen) atoms. The molecule has 1 fully saturated rings. The fourth-order valence-corrected chi connectivity index (χ4v) is 4.63. The number of methoxy groups -OCH3 is 1. The summed E-state index contributed by atoms with van der Waals surface area (Å²) in [7, 11) is 5.12. The Kier molecular flexibility index (Phi) is 4.93. The van der Waals surface area contributed by atoms with Gasteiger partial charge in [0.1, 0.15) is 6.04 Å². The van der Waals surface area contributed by atoms with Crippen LogP contribution in [0, 0.1) is 5.92 Å². The van der Waals surface area contributed by atoms with Gasteiger partial charge in [-0.3, -0.25) is 19.1 Å². The zero-order valence-electron chi connectivity index (χ0n) is 16.5. The van der Waals surface area contributed by atoms with E-state index in [1.807, 2.05) is 24.3 Å². The van der Waals surface area contributed by atoms with E-state index in [4.69, 9.17) is 4.74 Å². The molecule has 0 unspecified atom stereocenters. The molecule has 0 spiro atoms. The highest BCUT2D eigenvalue weighted by atomic mass is 16.5. The summed E-state index contributed by atoms with van der Waals surface area (Å²) < 4.78 is 6.97. The number of nitrogens with zero attached hydrogens (tertiary/aromatic N) is 4. The van der Waals surface area contributed by atoms with Gasteiger partial charge in [-0.15, -0.1) is 0 Å². The zero-order valence-corrected chi connectivity index (χ0v) is 16.5. The Morgan fingerprint density at radius 2 is 2.00 bits per heavy atom. The molecular weight excluding hydrogens is 356 g/mol. The molecule has 3 atom stereocenters. The highest BCUT2D eigenvalue weighted by Gasteiger charge is 2.44. The van der Waals surface area contributed by atoms with Gasteiger partial charge in [0.05, 0.1) is 12.8 Å². The Hall–Kier alpha value is -2.67. The van der Waals surface area contributed by atoms with E-state index >= 15 is 0 Å². The minimum atomic E-state index is -0.448. The molecule has 0 aliphatic carbocycles. The number of rotatable bonds is 4. The number of piperidine rings is 1. The van der Waals surface area contributed by atoms with Gasteiger partial charge in [0, 0.05) is 63.4 Å². The summed E-state index contributed by atoms with van der Waals surface area (Å²) in [5.74, 6) is 0.933. The fraction of sp³-hybridized carbons (Fsp3) is 0.476. The monoisotopic (exact) mass is 382 g/mol. The molecule has 0 radical (unpaired) electrons. The number of aromatic nitrogens is 2. The van der Waals surface area contributed by atoms with Crippen molar-refractivity contribution in [1.82, 2.24) is 19.4 Å². The number of carbonyl (C=O) groups excluding carboxylic acids is 1. The fourth-order valence-electron chi connectivity index (χ4n) is 4.63. The summed E-state index contributed by atoms with van der Waals surface area (Å²) in [6.45, 7) is 2.31. The lowest BCUT2D eigenvalue weighted by molar-refractivity contribution is -0.135. The molecule has 2 aromatic heterocycles. The maximum Gasteiger partial charge on any atom is 0.251 e. The molecular formula is C21H26N4O3. The van der Waals surface area contributed by atoms with E-state index in [-0.39, 0.29) is 23.3 Å². The van der Waals surface area contributed by atoms with Gasteiger partial charge in [0.15, 0.2) is 0 Å². The number of pyridine rings is 2. The van der Waals surface area contributed by atoms with Crippen molar-refractivity contribution in [3.63, 3.8) is 0 Å². The lowest BCUT2D eigenvalue weighted by atomic mass is 9.78. The Morgan fingerprint density at radius 3 is 2.75 bits per heavy atom. The van der Waals surface area contributed by atoms with Gasteiger partial charge in [-0.25, -0.2) is 4.98 Å². The van der Waals surface area contributed by atoms with Crippen LogP contribution in [0.5, 0.6) is 5.88 Å². The van der Waals surface area contributed by atoms with Gasteiger partial charge in [-0.2, -0.15) is 0 Å². The number of likely N-dealkylation sites (tertiary alicyclic amines) is 1. The van der Waals surface area contributed by atoms with E-state index in [1.165, 1.54) is 0 Å². The molecule has 0 aromatic carbocycles. The Morgan fingerprint density at radius 1 is 1.21 bits per heavy atom. The second-order valence-corrected chi connectivity index (χ2v) is 7.89. The molecule has 4 rings (SSSR count). The van der Waals surface area contributed by atoms with Crippen LogP contribution in [0.2, 0.25) is 0 Å². The van der Waals surface area contributed by atoms with Crippen LogP contribution in [0.25, 0.3) is 0 Å². The molecule has 0 N–H and O–H groups in total. The standard InChI is InChI=1S/C21H26N4O3/c1-23(2)21(27)20-15-10-14(17-7-5-9-19(26)25(17)20)11-24(12-15)13-16-6-4-8-18(22-16)28-3/h4-9,14-15,20H,10-13H2,1-3H3/t14-,15+,20-/m1/s1. The van der Waals surface area contributed by atoms with E-state index in [0.717, 1.165) is 30.9 Å². The number of likely N-dealkylation sites (N-methyl/N-ethyl adjacent to an activating group) is 1. The SMILES string of the molecule is COc1cccc(CN2C[C@H]3C[C@@H](C2)[C@H](C(=O)N(C)C)n2c3cccc2=O)n1. The predicted octanol–water partition coefficient (Wildman–Crippen LogP) is 1.50. The van der Waals surface area contributed by atoms with Gasteiger partial charge in [0.2, 0.25) is 11.8 Å². The van der Waals surface area contributed by atoms with Crippen LogP contribution in [-0.4, -0.2) is 59.6 Å². The number of hydrogen-bond acceptors (Lipinski definition) is 5. The predicted molar refractivity (Wildman–Crippen MR) is 105 cm³/mol. The minimum absolute atomic E-state index is 0.0145. The molecule has 0 saturated carbocycles. The molecule has 7 nitrogen and oxygen atoms in total. The van der Waals surface area contributed by atoms with Crippen LogP contribution in [-0.2, 0) is 11.3 Å². The van der Waals surface area contributed by atoms with Crippen LogP contribution in [0.4, 0.5) is 0 Å². The molecule has 2 aliphatic heterocycles. The first kappa shape index (κ1) is 18.7. The largest absolute Gasteiger partial charge is 0.481 e. The third kappa shape index (κ3) is 3.30. The average Bonchev–Trinajstić information content (AvgIpc) is 2.68. The number of carbonyl (C=O) groups is 1. The van der Waals surface area contributed by atoms with Crippen molar-refractivity contribution in [3.8, 4) is 5.88 Å². The summed E-state index contributed by atoms with van der Waals surface area (Å²) in [5, 5.41) is 0. The van der Waals surface area contributed by atoms with Crippen LogP contribution >= 0.6 is 0 Å². The third-order valence-electron chi connectivity index (χ3n) is 5.79. The van der Waals surface area contributed by atoms with Crippen LogP contribution < -0.4 is 10.3 Å². The van der Waals surface area contributed by atoms with Gasteiger partial charge in [-0.1, -0.05) is 12.1 Å². The maximum atomic E-state index is 13.0. The lowest BCUT2D eigenvalue weighted by Gasteiger charge is -2.46. The summed E-state index contributed by atoms with van der Waals surface area (Å²) >= 11 is 0. The molecule has 2 aromatic rings. The topological polar surface area (TPSA) is 67.7 Å². The number of amides is 1. The first-order chi connectivity index (χ1) is 13.5. The van der Waals surface area contributed by atoms with E-state index in [9.17, 15) is 9.59 Å². The average molecular weight is 382 g/mol.